The first-order valence-corrected chi connectivity index (χ1v) is 12.0. The van der Waals surface area contributed by atoms with Gasteiger partial charge < -0.3 is 20.1 Å². The van der Waals surface area contributed by atoms with E-state index in [1.807, 2.05) is 13.0 Å². The molecule has 3 heterocycles. The van der Waals surface area contributed by atoms with Crippen molar-refractivity contribution < 1.29 is 18.7 Å². The van der Waals surface area contributed by atoms with Gasteiger partial charge in [-0.3, -0.25) is 9.59 Å². The van der Waals surface area contributed by atoms with Crippen LogP contribution in [0.15, 0.2) is 47.5 Å². The molecule has 0 radical (unpaired) electrons. The fourth-order valence-corrected chi connectivity index (χ4v) is 4.01. The van der Waals surface area contributed by atoms with Gasteiger partial charge in [0, 0.05) is 19.7 Å². The lowest BCUT2D eigenvalue weighted by Gasteiger charge is -2.29. The number of amides is 1. The van der Waals surface area contributed by atoms with Gasteiger partial charge >= 0.3 is 0 Å². The van der Waals surface area contributed by atoms with Crippen LogP contribution in [0.25, 0.3) is 5.69 Å². The molecule has 36 heavy (non-hydrogen) atoms. The second-order valence-corrected chi connectivity index (χ2v) is 8.85. The van der Waals surface area contributed by atoms with Gasteiger partial charge in [-0.25, -0.2) is 9.37 Å². The molecule has 1 fully saturated rings. The molecule has 1 aromatic carbocycles. The van der Waals surface area contributed by atoms with Gasteiger partial charge in [-0.1, -0.05) is 24.6 Å². The lowest BCUT2D eigenvalue weighted by molar-refractivity contribution is -0.0234. The third-order valence-electron chi connectivity index (χ3n) is 5.89. The monoisotopic (exact) mass is 515 g/mol. The fourth-order valence-electron chi connectivity index (χ4n) is 3.82. The molecule has 9 nitrogen and oxygen atoms in total. The highest BCUT2D eigenvalue weighted by Crippen LogP contribution is 2.27. The summed E-state index contributed by atoms with van der Waals surface area (Å²) < 4.78 is 27.0. The van der Waals surface area contributed by atoms with Gasteiger partial charge in [-0.15, -0.1) is 0 Å². The molecule has 1 aliphatic rings. The molecule has 4 rings (SSSR count). The third-order valence-corrected chi connectivity index (χ3v) is 6.26. The number of carbonyl (C=O) groups is 1. The Hall–Kier alpha value is -3.50. The Kier molecular flexibility index (Phi) is 7.85. The molecule has 1 amide bonds. The smallest absolute Gasteiger partial charge is 0.292 e. The van der Waals surface area contributed by atoms with Crippen molar-refractivity contribution in [2.75, 3.05) is 32.1 Å². The molecule has 1 atom stereocenters. The van der Waals surface area contributed by atoms with Crippen molar-refractivity contribution >= 4 is 23.2 Å². The predicted octanol–water partition coefficient (Wildman–Crippen LogP) is 3.93. The van der Waals surface area contributed by atoms with E-state index < -0.39 is 11.2 Å². The molecule has 3 aromatic rings. The number of halogens is 2. The summed E-state index contributed by atoms with van der Waals surface area (Å²) in [5.74, 6) is 0.326. The molecule has 0 spiro atoms. The van der Waals surface area contributed by atoms with E-state index in [4.69, 9.17) is 21.1 Å². The minimum Gasteiger partial charge on any atom is -0.438 e. The van der Waals surface area contributed by atoms with E-state index in [0.717, 1.165) is 16.7 Å². The van der Waals surface area contributed by atoms with Gasteiger partial charge in [0.25, 0.3) is 11.5 Å². The van der Waals surface area contributed by atoms with Crippen molar-refractivity contribution in [3.05, 3.63) is 69.2 Å². The number of nitrogens with zero attached hydrogens (tertiary/aromatic N) is 3. The van der Waals surface area contributed by atoms with Crippen molar-refractivity contribution in [2.45, 2.75) is 31.9 Å². The first kappa shape index (κ1) is 25.6. The van der Waals surface area contributed by atoms with Crippen molar-refractivity contribution in [2.24, 2.45) is 0 Å². The molecule has 0 aliphatic carbocycles. The molecule has 0 saturated carbocycles. The molecular formula is C25H27ClFN5O4. The van der Waals surface area contributed by atoms with Gasteiger partial charge in [-0.2, -0.15) is 9.78 Å². The average Bonchev–Trinajstić information content (AvgIpc) is 2.90. The van der Waals surface area contributed by atoms with E-state index in [-0.39, 0.29) is 35.6 Å². The van der Waals surface area contributed by atoms with Crippen LogP contribution >= 0.6 is 11.6 Å². The van der Waals surface area contributed by atoms with Crippen LogP contribution in [0.2, 0.25) is 5.02 Å². The highest BCUT2D eigenvalue weighted by molar-refractivity contribution is 6.32. The lowest BCUT2D eigenvalue weighted by atomic mass is 9.99. The number of anilines is 1. The third kappa shape index (κ3) is 5.66. The normalized spacial score (nSPS) is 17.4. The van der Waals surface area contributed by atoms with Crippen molar-refractivity contribution in [1.29, 1.82) is 0 Å². The van der Waals surface area contributed by atoms with Gasteiger partial charge in [0.1, 0.15) is 10.8 Å². The molecule has 2 aromatic heterocycles. The zero-order chi connectivity index (χ0) is 25.7. The first-order valence-electron chi connectivity index (χ1n) is 11.6. The van der Waals surface area contributed by atoms with E-state index in [2.05, 4.69) is 20.7 Å². The number of alkyl halides is 1. The largest absolute Gasteiger partial charge is 0.438 e. The Labute approximate surface area is 212 Å². The summed E-state index contributed by atoms with van der Waals surface area (Å²) in [5, 5.41) is 9.50. The maximum atomic E-state index is 14.8. The van der Waals surface area contributed by atoms with Gasteiger partial charge in [-0.05, 0) is 43.0 Å². The van der Waals surface area contributed by atoms with Crippen molar-refractivity contribution in [1.82, 2.24) is 20.1 Å². The van der Waals surface area contributed by atoms with Crippen LogP contribution in [-0.2, 0) is 11.2 Å². The second kappa shape index (κ2) is 11.0. The minimum atomic E-state index is -1.52. The fraction of sp³-hybridized carbons (Fsp3) is 0.360. The lowest BCUT2D eigenvalue weighted by Crippen LogP contribution is -2.40. The standard InChI is InChI=1S/C25H27ClFN5O4/c1-3-16-5-7-18(23(33)28-2)20(11-16)36-21-8-6-17(12-29-21)32-24(34)22(26)19(13-31-32)30-14-25(27)9-4-10-35-15-25/h5-8,11-13,30H,3-4,9-10,14-15H2,1-2H3,(H,28,33). The highest BCUT2D eigenvalue weighted by Gasteiger charge is 2.32. The number of nitrogens with one attached hydrogen (secondary N) is 2. The van der Waals surface area contributed by atoms with E-state index in [9.17, 15) is 14.0 Å². The highest BCUT2D eigenvalue weighted by atomic mass is 35.5. The van der Waals surface area contributed by atoms with Crippen LogP contribution in [0, 0.1) is 0 Å². The summed E-state index contributed by atoms with van der Waals surface area (Å²) in [6.45, 7) is 2.50. The Bertz CT molecular complexity index is 1290. The van der Waals surface area contributed by atoms with E-state index in [1.165, 1.54) is 12.4 Å². The quantitative estimate of drug-likeness (QED) is 0.468. The maximum absolute atomic E-state index is 14.8. The van der Waals surface area contributed by atoms with Crippen LogP contribution in [0.1, 0.15) is 35.7 Å². The zero-order valence-electron chi connectivity index (χ0n) is 20.0. The maximum Gasteiger partial charge on any atom is 0.292 e. The summed E-state index contributed by atoms with van der Waals surface area (Å²) in [7, 11) is 1.55. The first-order chi connectivity index (χ1) is 17.3. The predicted molar refractivity (Wildman–Crippen MR) is 134 cm³/mol. The average molecular weight is 516 g/mol. The zero-order valence-corrected chi connectivity index (χ0v) is 20.8. The summed E-state index contributed by atoms with van der Waals surface area (Å²) in [6.07, 6.45) is 4.56. The van der Waals surface area contributed by atoms with E-state index in [0.29, 0.717) is 36.4 Å². The molecule has 1 unspecified atom stereocenters. The Morgan fingerprint density at radius 1 is 1.31 bits per heavy atom. The summed E-state index contributed by atoms with van der Waals surface area (Å²) >= 11 is 6.27. The SMILES string of the molecule is CCc1ccc(C(=O)NC)c(Oc2ccc(-n3ncc(NCC4(F)CCCOC4)c(Cl)c3=O)cn2)c1. The Morgan fingerprint density at radius 2 is 2.14 bits per heavy atom. The van der Waals surface area contributed by atoms with Crippen molar-refractivity contribution in [3.63, 3.8) is 0 Å². The van der Waals surface area contributed by atoms with E-state index >= 15 is 0 Å². The van der Waals surface area contributed by atoms with Crippen LogP contribution < -0.4 is 20.9 Å². The number of hydrogen-bond donors (Lipinski definition) is 2. The van der Waals surface area contributed by atoms with Gasteiger partial charge in [0.15, 0.2) is 5.67 Å². The summed E-state index contributed by atoms with van der Waals surface area (Å²) in [5.41, 5.74) is -0.123. The van der Waals surface area contributed by atoms with E-state index in [1.54, 1.807) is 31.3 Å². The molecule has 0 bridgehead atoms. The van der Waals surface area contributed by atoms with Crippen molar-refractivity contribution in [3.8, 4) is 17.3 Å². The van der Waals surface area contributed by atoms with Gasteiger partial charge in [0.05, 0.1) is 42.5 Å². The number of benzene rings is 1. The number of pyridine rings is 1. The minimum absolute atomic E-state index is 0.00441. The molecule has 2 N–H and O–H groups in total. The van der Waals surface area contributed by atoms with Gasteiger partial charge in [0.2, 0.25) is 5.88 Å². The number of carbonyl (C=O) groups excluding carboxylic acids is 1. The number of ether oxygens (including phenoxy) is 2. The number of aromatic nitrogens is 3. The molecule has 11 heteroatoms. The number of rotatable bonds is 8. The number of aryl methyl sites for hydroxylation is 1. The van der Waals surface area contributed by atoms with Crippen LogP contribution in [0.5, 0.6) is 11.6 Å². The molecular weight excluding hydrogens is 489 g/mol. The Balaban J connectivity index is 1.51. The summed E-state index contributed by atoms with van der Waals surface area (Å²) in [4.78, 5) is 29.3. The van der Waals surface area contributed by atoms with Crippen LogP contribution in [-0.4, -0.2) is 53.1 Å². The topological polar surface area (TPSA) is 107 Å². The number of hydrogen-bond acceptors (Lipinski definition) is 7. The second-order valence-electron chi connectivity index (χ2n) is 8.47. The Morgan fingerprint density at radius 3 is 2.81 bits per heavy atom. The molecule has 1 saturated heterocycles. The van der Waals surface area contributed by atoms with Crippen LogP contribution in [0.3, 0.4) is 0 Å². The molecule has 190 valence electrons. The molecule has 1 aliphatic heterocycles. The van der Waals surface area contributed by atoms with Crippen LogP contribution in [0.4, 0.5) is 10.1 Å². The summed E-state index contributed by atoms with van der Waals surface area (Å²) in [6, 6.07) is 8.52.